The van der Waals surface area contributed by atoms with Crippen LogP contribution in [0.2, 0.25) is 0 Å². The highest BCUT2D eigenvalue weighted by Crippen LogP contribution is 2.57. The molecule has 0 amide bonds. The van der Waals surface area contributed by atoms with E-state index in [1.165, 1.54) is 0 Å². The third kappa shape index (κ3) is 8.04. The topological polar surface area (TPSA) is 133 Å². The number of halogens is 16. The van der Waals surface area contributed by atoms with Crippen molar-refractivity contribution in [2.45, 2.75) is 77.2 Å². The smallest absolute Gasteiger partial charge is 0.460 e. The van der Waals surface area contributed by atoms with E-state index in [1.54, 1.807) is 0 Å². The normalized spacial score (nSPS) is 21.2. The van der Waals surface area contributed by atoms with Crippen LogP contribution >= 0.6 is 23.5 Å². The van der Waals surface area contributed by atoms with Gasteiger partial charge in [-0.3, -0.25) is 4.55 Å². The van der Waals surface area contributed by atoms with E-state index in [1.807, 2.05) is 0 Å². The van der Waals surface area contributed by atoms with Crippen LogP contribution in [0.25, 0.3) is 0 Å². The third-order valence-corrected chi connectivity index (χ3v) is 11.8. The molecule has 1 atom stereocenters. The number of thioether (sulfide) groups is 2. The van der Waals surface area contributed by atoms with Gasteiger partial charge in [0.2, 0.25) is 0 Å². The number of carbonyl (C=O) groups is 3. The zero-order valence-corrected chi connectivity index (χ0v) is 25.7. The molecule has 2 aliphatic rings. The second-order valence-corrected chi connectivity index (χ2v) is 14.8. The van der Waals surface area contributed by atoms with Gasteiger partial charge in [0.1, 0.15) is 19.3 Å². The van der Waals surface area contributed by atoms with Crippen LogP contribution in [0, 0.1) is 5.41 Å². The molecule has 28 heteroatoms. The maximum Gasteiger partial charge on any atom is 0.465 e. The molecular formula is C21H18F16O9S3. The molecule has 2 rings (SSSR count). The molecule has 1 unspecified atom stereocenters. The summed E-state index contributed by atoms with van der Waals surface area (Å²) in [5.41, 5.74) is -2.59. The number of alkyl halides is 16. The summed E-state index contributed by atoms with van der Waals surface area (Å²) in [7, 11) is -6.40. The molecule has 1 aliphatic heterocycles. The highest BCUT2D eigenvalue weighted by Gasteiger charge is 2.78. The zero-order valence-electron chi connectivity index (χ0n) is 23.2. The van der Waals surface area contributed by atoms with Gasteiger partial charge in [-0.2, -0.15) is 78.7 Å². The molecule has 0 aromatic carbocycles. The Morgan fingerprint density at radius 2 is 1.06 bits per heavy atom. The van der Waals surface area contributed by atoms with Gasteiger partial charge in [0.05, 0.1) is 9.49 Å². The van der Waals surface area contributed by atoms with Gasteiger partial charge in [-0.05, 0) is 19.3 Å². The van der Waals surface area contributed by atoms with Crippen LogP contribution in [0.4, 0.5) is 70.2 Å². The minimum atomic E-state index is -7.09. The molecule has 0 aromatic heterocycles. The Hall–Kier alpha value is -2.10. The van der Waals surface area contributed by atoms with E-state index in [2.05, 4.69) is 14.2 Å². The predicted octanol–water partition coefficient (Wildman–Crippen LogP) is 5.87. The van der Waals surface area contributed by atoms with Crippen LogP contribution in [0.5, 0.6) is 0 Å². The van der Waals surface area contributed by atoms with Crippen molar-refractivity contribution in [3.63, 3.8) is 0 Å². The first-order valence-corrected chi connectivity index (χ1v) is 15.9. The molecule has 1 heterocycles. The minimum Gasteiger partial charge on any atom is -0.460 e. The first-order chi connectivity index (χ1) is 21.7. The van der Waals surface area contributed by atoms with E-state index >= 15 is 0 Å². The Bertz CT molecular complexity index is 1320. The minimum absolute atomic E-state index is 0.0730. The third-order valence-electron chi connectivity index (χ3n) is 6.82. The number of rotatable bonds is 11. The van der Waals surface area contributed by atoms with Gasteiger partial charge < -0.3 is 14.2 Å². The summed E-state index contributed by atoms with van der Waals surface area (Å²) in [6, 6.07) is 0. The lowest BCUT2D eigenvalue weighted by Gasteiger charge is -2.49. The van der Waals surface area contributed by atoms with Crippen LogP contribution in [0.15, 0.2) is 0 Å². The van der Waals surface area contributed by atoms with E-state index in [9.17, 15) is 93.0 Å². The lowest BCUT2D eigenvalue weighted by molar-refractivity contribution is -0.349. The quantitative estimate of drug-likeness (QED) is 0.116. The highest BCUT2D eigenvalue weighted by molar-refractivity contribution is 8.19. The number of esters is 3. The molecule has 2 fully saturated rings. The van der Waals surface area contributed by atoms with Gasteiger partial charge in [0, 0.05) is 11.5 Å². The molecule has 0 bridgehead atoms. The van der Waals surface area contributed by atoms with Gasteiger partial charge in [-0.25, -0.2) is 14.4 Å². The Morgan fingerprint density at radius 3 is 1.41 bits per heavy atom. The monoisotopic (exact) mass is 814 g/mol. The van der Waals surface area contributed by atoms with E-state index in [4.69, 9.17) is 4.55 Å². The molecule has 1 aliphatic carbocycles. The van der Waals surface area contributed by atoms with Crippen LogP contribution in [-0.2, 0) is 38.7 Å². The van der Waals surface area contributed by atoms with Crippen molar-refractivity contribution < 1.29 is 112 Å². The molecule has 9 nitrogen and oxygen atoms in total. The zero-order chi connectivity index (χ0) is 38.5. The second-order valence-electron chi connectivity index (χ2n) is 10.5. The van der Waals surface area contributed by atoms with Crippen molar-refractivity contribution >= 4 is 51.5 Å². The van der Waals surface area contributed by atoms with Crippen LogP contribution in [0.3, 0.4) is 0 Å². The summed E-state index contributed by atoms with van der Waals surface area (Å²) in [4.78, 5) is 35.3. The summed E-state index contributed by atoms with van der Waals surface area (Å²) in [5.74, 6) is -39.7. The molecule has 1 N–H and O–H groups in total. The first-order valence-electron chi connectivity index (χ1n) is 12.5. The summed E-state index contributed by atoms with van der Waals surface area (Å²) in [5, 5.41) is -5.53. The van der Waals surface area contributed by atoms with E-state index in [0.29, 0.717) is 23.5 Å². The van der Waals surface area contributed by atoms with Crippen LogP contribution < -0.4 is 0 Å². The van der Waals surface area contributed by atoms with Crippen LogP contribution in [0.1, 0.15) is 25.7 Å². The predicted molar refractivity (Wildman–Crippen MR) is 129 cm³/mol. The van der Waals surface area contributed by atoms with Crippen molar-refractivity contribution in [2.75, 3.05) is 24.7 Å². The average Bonchev–Trinajstić information content (AvgIpc) is 2.95. The Balaban J connectivity index is 2.43. The number of carbonyl (C=O) groups excluding carboxylic acids is 3. The maximum atomic E-state index is 13.8. The van der Waals surface area contributed by atoms with Gasteiger partial charge >= 0.3 is 69.3 Å². The molecule has 286 valence electrons. The fourth-order valence-corrected chi connectivity index (χ4v) is 7.93. The van der Waals surface area contributed by atoms with Crippen molar-refractivity contribution in [3.05, 3.63) is 0 Å². The van der Waals surface area contributed by atoms with Crippen molar-refractivity contribution in [1.82, 2.24) is 0 Å². The molecule has 49 heavy (non-hydrogen) atoms. The molecule has 0 radical (unpaired) electrons. The summed E-state index contributed by atoms with van der Waals surface area (Å²) < 4.78 is 252. The van der Waals surface area contributed by atoms with Gasteiger partial charge in [-0.15, -0.1) is 23.5 Å². The number of hydrogen-bond acceptors (Lipinski definition) is 10. The van der Waals surface area contributed by atoms with Crippen molar-refractivity contribution in [2.24, 2.45) is 5.41 Å². The van der Waals surface area contributed by atoms with Gasteiger partial charge in [0.25, 0.3) is 0 Å². The average molecular weight is 815 g/mol. The summed E-state index contributed by atoms with van der Waals surface area (Å²) >= 11 is 0.629. The molecule has 0 aromatic rings. The molecule has 1 spiro atoms. The van der Waals surface area contributed by atoms with Crippen molar-refractivity contribution in [1.29, 1.82) is 0 Å². The Kier molecular flexibility index (Phi) is 11.8. The fraction of sp³-hybridized carbons (Fsp3) is 0.857. The van der Waals surface area contributed by atoms with E-state index in [0.717, 1.165) is 0 Å². The van der Waals surface area contributed by atoms with Crippen molar-refractivity contribution in [3.8, 4) is 0 Å². The van der Waals surface area contributed by atoms with E-state index < -0.39 is 110 Å². The van der Waals surface area contributed by atoms with Gasteiger partial charge in [-0.1, -0.05) is 6.42 Å². The number of hydrogen-bond donors (Lipinski definition) is 1. The summed E-state index contributed by atoms with van der Waals surface area (Å²) in [6.45, 7) is -3.82. The molecule has 1 saturated heterocycles. The lowest BCUT2D eigenvalue weighted by atomic mass is 9.94. The SMILES string of the molecule is O=C(OCC1(COC(=O)C(F)(F)C(F)(F)C(F)(F)F)CSC2(CCCCC2OC(=O)C(F)(F)S(=O)(=O)O)SC1)C(F)(F)C(F)(F)C(F)(F)F. The fourth-order valence-electron chi connectivity index (χ4n) is 3.94. The first kappa shape index (κ1) is 43.1. The standard InChI is InChI=1S/C21H18F16O9S3/c22-15(23,18(28,29)20(32,33)34)10(38)44-5-13(6-45-11(39)16(24,25)19(30,31)21(35,36)37)7-47-14(48-8-13)4-2-1-3-9(14)46-12(40)17(26,27)49(41,42)43/h9H,1-8H2,(H,41,42,43). The summed E-state index contributed by atoms with van der Waals surface area (Å²) in [6.07, 6.45) is -16.3. The Labute approximate surface area is 270 Å². The number of ether oxygens (including phenoxy) is 3. The maximum absolute atomic E-state index is 13.8. The lowest BCUT2D eigenvalue weighted by Crippen LogP contribution is -2.58. The highest BCUT2D eigenvalue weighted by atomic mass is 32.2. The largest absolute Gasteiger partial charge is 0.465 e. The second kappa shape index (κ2) is 13.5. The van der Waals surface area contributed by atoms with E-state index in [-0.39, 0.29) is 25.7 Å². The molecule has 1 saturated carbocycles. The van der Waals surface area contributed by atoms with Crippen LogP contribution in [-0.4, -0.2) is 107 Å². The van der Waals surface area contributed by atoms with Gasteiger partial charge in [0.15, 0.2) is 0 Å². The molecular weight excluding hydrogens is 796 g/mol. The Morgan fingerprint density at radius 1 is 0.673 bits per heavy atom.